The van der Waals surface area contributed by atoms with Crippen LogP contribution in [0.1, 0.15) is 10.4 Å². The van der Waals surface area contributed by atoms with E-state index in [1.165, 1.54) is 0 Å². The average molecular weight is 357 g/mol. The van der Waals surface area contributed by atoms with Gasteiger partial charge >= 0.3 is 0 Å². The Bertz CT molecular complexity index is 628. The quantitative estimate of drug-likeness (QED) is 0.373. The number of halogens is 1. The molecule has 5 nitrogen and oxygen atoms in total. The number of thiophene rings is 1. The number of methoxy groups -OCH3 is 1. The molecule has 0 saturated heterocycles. The normalized spacial score (nSPS) is 11.4. The number of rotatable bonds is 5. The van der Waals surface area contributed by atoms with Crippen LogP contribution >= 0.6 is 27.3 Å². The predicted molar refractivity (Wildman–Crippen MR) is 81.9 cm³/mol. The van der Waals surface area contributed by atoms with Crippen molar-refractivity contribution in [1.82, 2.24) is 0 Å². The summed E-state index contributed by atoms with van der Waals surface area (Å²) in [6.45, 7) is 0.432. The summed E-state index contributed by atoms with van der Waals surface area (Å²) in [5, 5.41) is 13.7. The summed E-state index contributed by atoms with van der Waals surface area (Å²) in [4.78, 5) is 1.08. The van der Waals surface area contributed by atoms with E-state index in [1.807, 2.05) is 11.4 Å². The molecule has 3 N–H and O–H groups in total. The summed E-state index contributed by atoms with van der Waals surface area (Å²) in [6.07, 6.45) is 0. The summed E-state index contributed by atoms with van der Waals surface area (Å²) >= 11 is 5.05. The number of oxime groups is 1. The highest BCUT2D eigenvalue weighted by Gasteiger charge is 2.08. The Labute approximate surface area is 128 Å². The summed E-state index contributed by atoms with van der Waals surface area (Å²) in [5.74, 6) is 1.17. The van der Waals surface area contributed by atoms with Gasteiger partial charge in [-0.25, -0.2) is 0 Å². The van der Waals surface area contributed by atoms with Crippen LogP contribution in [0.4, 0.5) is 0 Å². The van der Waals surface area contributed by atoms with Gasteiger partial charge in [0.2, 0.25) is 0 Å². The maximum absolute atomic E-state index is 8.74. The fourth-order valence-electron chi connectivity index (χ4n) is 1.56. The van der Waals surface area contributed by atoms with Gasteiger partial charge in [-0.2, -0.15) is 0 Å². The van der Waals surface area contributed by atoms with Gasteiger partial charge in [0.15, 0.2) is 5.84 Å². The van der Waals surface area contributed by atoms with Crippen molar-refractivity contribution in [1.29, 1.82) is 0 Å². The van der Waals surface area contributed by atoms with Crippen molar-refractivity contribution in [2.24, 2.45) is 10.9 Å². The molecule has 0 saturated carbocycles. The average Bonchev–Trinajstić information content (AvgIpc) is 2.89. The molecule has 0 bridgehead atoms. The maximum Gasteiger partial charge on any atom is 0.170 e. The second-order valence-corrected chi connectivity index (χ2v) is 5.72. The van der Waals surface area contributed by atoms with Gasteiger partial charge in [0.05, 0.1) is 12.0 Å². The van der Waals surface area contributed by atoms with Gasteiger partial charge < -0.3 is 20.4 Å². The molecule has 0 aliphatic carbocycles. The number of benzene rings is 1. The number of hydrogen-bond acceptors (Lipinski definition) is 5. The molecule has 2 aromatic rings. The van der Waals surface area contributed by atoms with E-state index >= 15 is 0 Å². The lowest BCUT2D eigenvalue weighted by atomic mass is 10.2. The molecule has 0 fully saturated rings. The highest BCUT2D eigenvalue weighted by Crippen LogP contribution is 2.27. The minimum Gasteiger partial charge on any atom is -0.497 e. The lowest BCUT2D eigenvalue weighted by Gasteiger charge is -2.10. The molecular weight excluding hydrogens is 344 g/mol. The van der Waals surface area contributed by atoms with Crippen molar-refractivity contribution in [2.75, 3.05) is 7.11 Å². The van der Waals surface area contributed by atoms with E-state index in [-0.39, 0.29) is 5.84 Å². The van der Waals surface area contributed by atoms with Crippen LogP contribution in [0.5, 0.6) is 11.5 Å². The molecule has 7 heteroatoms. The number of amidine groups is 1. The molecule has 0 amide bonds. The van der Waals surface area contributed by atoms with E-state index in [4.69, 9.17) is 20.4 Å². The van der Waals surface area contributed by atoms with E-state index in [0.29, 0.717) is 23.7 Å². The largest absolute Gasteiger partial charge is 0.497 e. The topological polar surface area (TPSA) is 77.1 Å². The number of hydrogen-bond donors (Lipinski definition) is 2. The molecule has 1 aromatic carbocycles. The van der Waals surface area contributed by atoms with Crippen LogP contribution in [0, 0.1) is 0 Å². The molecule has 106 valence electrons. The second kappa shape index (κ2) is 6.62. The monoisotopic (exact) mass is 356 g/mol. The molecule has 0 radical (unpaired) electrons. The van der Waals surface area contributed by atoms with Crippen molar-refractivity contribution in [3.8, 4) is 11.5 Å². The SMILES string of the molecule is COc1cc(OCc2sccc2Br)cc(/C(N)=N/O)c1. The van der Waals surface area contributed by atoms with Crippen LogP contribution in [0.25, 0.3) is 0 Å². The Morgan fingerprint density at radius 2 is 2.15 bits per heavy atom. The van der Waals surface area contributed by atoms with Crippen LogP contribution < -0.4 is 15.2 Å². The van der Waals surface area contributed by atoms with E-state index in [1.54, 1.807) is 36.6 Å². The van der Waals surface area contributed by atoms with Crippen molar-refractivity contribution < 1.29 is 14.7 Å². The van der Waals surface area contributed by atoms with E-state index in [2.05, 4.69) is 21.1 Å². The standard InChI is InChI=1S/C13H13BrN2O3S/c1-18-9-4-8(13(15)16-17)5-10(6-9)19-7-12-11(14)2-3-20-12/h2-6,17H,7H2,1H3,(H2,15,16). The lowest BCUT2D eigenvalue weighted by molar-refractivity contribution is 0.306. The molecule has 0 aliphatic rings. The highest BCUT2D eigenvalue weighted by molar-refractivity contribution is 9.10. The fourth-order valence-corrected chi connectivity index (χ4v) is 2.93. The van der Waals surface area contributed by atoms with Crippen LogP contribution in [-0.2, 0) is 6.61 Å². The van der Waals surface area contributed by atoms with Crippen LogP contribution in [0.2, 0.25) is 0 Å². The Kier molecular flexibility index (Phi) is 4.86. The van der Waals surface area contributed by atoms with Gasteiger partial charge in [-0.05, 0) is 39.5 Å². The third kappa shape index (κ3) is 3.43. The van der Waals surface area contributed by atoms with Crippen LogP contribution in [0.3, 0.4) is 0 Å². The van der Waals surface area contributed by atoms with Gasteiger partial charge in [-0.3, -0.25) is 0 Å². The molecule has 1 heterocycles. The molecule has 0 unspecified atom stereocenters. The van der Waals surface area contributed by atoms with Crippen LogP contribution in [0.15, 0.2) is 39.3 Å². The predicted octanol–water partition coefficient (Wildman–Crippen LogP) is 3.19. The first-order valence-corrected chi connectivity index (χ1v) is 7.33. The first kappa shape index (κ1) is 14.7. The van der Waals surface area contributed by atoms with E-state index in [9.17, 15) is 0 Å². The van der Waals surface area contributed by atoms with Gasteiger partial charge in [0.25, 0.3) is 0 Å². The zero-order chi connectivity index (χ0) is 14.5. The van der Waals surface area contributed by atoms with E-state index in [0.717, 1.165) is 9.35 Å². The third-order valence-corrected chi connectivity index (χ3v) is 4.48. The third-order valence-electron chi connectivity index (χ3n) is 2.58. The molecule has 0 aliphatic heterocycles. The molecule has 1 aromatic heterocycles. The summed E-state index contributed by atoms with van der Waals surface area (Å²) in [6, 6.07) is 7.08. The first-order chi connectivity index (χ1) is 9.63. The Morgan fingerprint density at radius 3 is 2.75 bits per heavy atom. The van der Waals surface area contributed by atoms with Gasteiger partial charge in [0.1, 0.15) is 18.1 Å². The zero-order valence-corrected chi connectivity index (χ0v) is 13.1. The van der Waals surface area contributed by atoms with Crippen molar-refractivity contribution >= 4 is 33.1 Å². The van der Waals surface area contributed by atoms with Crippen LogP contribution in [-0.4, -0.2) is 18.2 Å². The minimum atomic E-state index is 0.00561. The zero-order valence-electron chi connectivity index (χ0n) is 10.7. The van der Waals surface area contributed by atoms with Crippen molar-refractivity contribution in [2.45, 2.75) is 6.61 Å². The van der Waals surface area contributed by atoms with Gasteiger partial charge in [-0.15, -0.1) is 11.3 Å². The first-order valence-electron chi connectivity index (χ1n) is 5.65. The number of nitrogens with zero attached hydrogens (tertiary/aromatic N) is 1. The minimum absolute atomic E-state index is 0.00561. The van der Waals surface area contributed by atoms with E-state index < -0.39 is 0 Å². The van der Waals surface area contributed by atoms with Crippen molar-refractivity contribution in [3.63, 3.8) is 0 Å². The summed E-state index contributed by atoms with van der Waals surface area (Å²) < 4.78 is 11.9. The molecular formula is C13H13BrN2O3S. The Hall–Kier alpha value is -1.73. The lowest BCUT2D eigenvalue weighted by Crippen LogP contribution is -2.13. The number of ether oxygens (including phenoxy) is 2. The molecule has 0 spiro atoms. The summed E-state index contributed by atoms with van der Waals surface area (Å²) in [5.41, 5.74) is 6.12. The Balaban J connectivity index is 2.20. The smallest absolute Gasteiger partial charge is 0.170 e. The van der Waals surface area contributed by atoms with Gasteiger partial charge in [-0.1, -0.05) is 5.16 Å². The second-order valence-electron chi connectivity index (χ2n) is 3.86. The molecule has 2 rings (SSSR count). The molecule has 0 atom stereocenters. The highest BCUT2D eigenvalue weighted by atomic mass is 79.9. The number of nitrogens with two attached hydrogens (primary N) is 1. The molecule has 20 heavy (non-hydrogen) atoms. The van der Waals surface area contributed by atoms with Gasteiger partial charge in [0, 0.05) is 16.1 Å². The Morgan fingerprint density at radius 1 is 1.40 bits per heavy atom. The van der Waals surface area contributed by atoms with Crippen molar-refractivity contribution in [3.05, 3.63) is 44.6 Å². The maximum atomic E-state index is 8.74. The summed E-state index contributed by atoms with van der Waals surface area (Å²) in [7, 11) is 1.55. The fraction of sp³-hybridized carbons (Fsp3) is 0.154.